The number of aromatic hydroxyl groups is 1. The van der Waals surface area contributed by atoms with Gasteiger partial charge in [-0.05, 0) is 50.2 Å². The molecule has 0 spiro atoms. The Hall–Kier alpha value is -2.34. The van der Waals surface area contributed by atoms with E-state index in [-0.39, 0.29) is 11.7 Å². The van der Waals surface area contributed by atoms with E-state index in [4.69, 9.17) is 0 Å². The molecule has 0 aliphatic rings. The van der Waals surface area contributed by atoms with Gasteiger partial charge in [-0.25, -0.2) is 5.43 Å². The number of rotatable bonds is 6. The maximum atomic E-state index is 11.9. The monoisotopic (exact) mass is 389 g/mol. The highest BCUT2D eigenvalue weighted by molar-refractivity contribution is 9.10. The van der Waals surface area contributed by atoms with E-state index in [1.54, 1.807) is 36.4 Å². The molecule has 0 heterocycles. The molecule has 0 bridgehead atoms. The number of amides is 1. The third-order valence-electron chi connectivity index (χ3n) is 3.62. The van der Waals surface area contributed by atoms with E-state index in [1.807, 2.05) is 6.07 Å². The van der Waals surface area contributed by atoms with Gasteiger partial charge in [0.05, 0.1) is 6.21 Å². The van der Waals surface area contributed by atoms with Crippen LogP contribution >= 0.6 is 15.9 Å². The van der Waals surface area contributed by atoms with E-state index in [1.165, 1.54) is 6.21 Å². The van der Waals surface area contributed by atoms with Crippen LogP contribution in [0.4, 0.5) is 5.69 Å². The van der Waals surface area contributed by atoms with Gasteiger partial charge in [0.1, 0.15) is 5.75 Å². The van der Waals surface area contributed by atoms with E-state index in [0.29, 0.717) is 11.1 Å². The van der Waals surface area contributed by atoms with Gasteiger partial charge < -0.3 is 10.0 Å². The standard InChI is InChI=1S/C18H20BrN3O2/c1-3-22(4-2)16-10-7-14(17(23)11-16)12-20-21-18(24)13-5-8-15(19)9-6-13/h5-12,23H,3-4H2,1-2H3,(H,21,24). The van der Waals surface area contributed by atoms with Gasteiger partial charge >= 0.3 is 0 Å². The zero-order valence-corrected chi connectivity index (χ0v) is 15.2. The number of phenolic OH excluding ortho intramolecular Hbond substituents is 1. The van der Waals surface area contributed by atoms with E-state index >= 15 is 0 Å². The molecule has 0 aliphatic heterocycles. The average Bonchev–Trinajstić information content (AvgIpc) is 2.58. The summed E-state index contributed by atoms with van der Waals surface area (Å²) in [5, 5.41) is 14.0. The number of phenols is 1. The number of nitrogens with one attached hydrogen (secondary N) is 1. The largest absolute Gasteiger partial charge is 0.507 e. The van der Waals surface area contributed by atoms with Gasteiger partial charge in [0.2, 0.25) is 0 Å². The van der Waals surface area contributed by atoms with Gasteiger partial charge in [0.15, 0.2) is 0 Å². The van der Waals surface area contributed by atoms with Crippen LogP contribution in [-0.4, -0.2) is 30.3 Å². The highest BCUT2D eigenvalue weighted by Gasteiger charge is 2.06. The van der Waals surface area contributed by atoms with Crippen LogP contribution in [0.2, 0.25) is 0 Å². The predicted molar refractivity (Wildman–Crippen MR) is 101 cm³/mol. The van der Waals surface area contributed by atoms with Crippen molar-refractivity contribution in [2.24, 2.45) is 5.10 Å². The minimum Gasteiger partial charge on any atom is -0.507 e. The van der Waals surface area contributed by atoms with E-state index in [2.05, 4.69) is 45.2 Å². The molecule has 2 N–H and O–H groups in total. The number of anilines is 1. The highest BCUT2D eigenvalue weighted by Crippen LogP contribution is 2.23. The molecular formula is C18H20BrN3O2. The molecule has 6 heteroatoms. The maximum absolute atomic E-state index is 11.9. The van der Waals surface area contributed by atoms with Gasteiger partial charge in [0.25, 0.3) is 5.91 Å². The number of halogens is 1. The SMILES string of the molecule is CCN(CC)c1ccc(C=NNC(=O)c2ccc(Br)cc2)c(O)c1. The molecule has 0 aromatic heterocycles. The maximum Gasteiger partial charge on any atom is 0.271 e. The number of carbonyl (C=O) groups excluding carboxylic acids is 1. The van der Waals surface area contributed by atoms with Crippen molar-refractivity contribution in [3.63, 3.8) is 0 Å². The van der Waals surface area contributed by atoms with Crippen LogP contribution in [-0.2, 0) is 0 Å². The molecule has 0 saturated carbocycles. The molecule has 2 rings (SSSR count). The highest BCUT2D eigenvalue weighted by atomic mass is 79.9. The third kappa shape index (κ3) is 4.58. The number of nitrogens with zero attached hydrogens (tertiary/aromatic N) is 2. The topological polar surface area (TPSA) is 64.9 Å². The second-order valence-electron chi connectivity index (χ2n) is 5.12. The van der Waals surface area contributed by atoms with Crippen molar-refractivity contribution < 1.29 is 9.90 Å². The second-order valence-corrected chi connectivity index (χ2v) is 6.04. The zero-order chi connectivity index (χ0) is 17.5. The summed E-state index contributed by atoms with van der Waals surface area (Å²) in [6, 6.07) is 12.4. The van der Waals surface area contributed by atoms with Gasteiger partial charge in [-0.15, -0.1) is 0 Å². The van der Waals surface area contributed by atoms with Crippen LogP contribution in [0.25, 0.3) is 0 Å². The summed E-state index contributed by atoms with van der Waals surface area (Å²) in [7, 11) is 0. The molecule has 0 saturated heterocycles. The van der Waals surface area contributed by atoms with Crippen LogP contribution in [0.5, 0.6) is 5.75 Å². The normalized spacial score (nSPS) is 10.8. The Balaban J connectivity index is 2.03. The number of carbonyl (C=O) groups is 1. The van der Waals surface area contributed by atoms with Crippen molar-refractivity contribution in [2.45, 2.75) is 13.8 Å². The lowest BCUT2D eigenvalue weighted by Gasteiger charge is -2.21. The minimum atomic E-state index is -0.307. The molecule has 2 aromatic carbocycles. The number of hydrazone groups is 1. The molecule has 0 fully saturated rings. The lowest BCUT2D eigenvalue weighted by molar-refractivity contribution is 0.0955. The summed E-state index contributed by atoms with van der Waals surface area (Å²) in [6.45, 7) is 5.86. The zero-order valence-electron chi connectivity index (χ0n) is 13.7. The first-order chi connectivity index (χ1) is 11.5. The molecule has 2 aromatic rings. The molecule has 24 heavy (non-hydrogen) atoms. The smallest absolute Gasteiger partial charge is 0.271 e. The van der Waals surface area contributed by atoms with Crippen LogP contribution in [0.3, 0.4) is 0 Å². The Morgan fingerprint density at radius 1 is 1.21 bits per heavy atom. The molecule has 0 unspecified atom stereocenters. The fourth-order valence-corrected chi connectivity index (χ4v) is 2.52. The molecule has 126 valence electrons. The number of hydrogen-bond donors (Lipinski definition) is 2. The number of benzene rings is 2. The van der Waals surface area contributed by atoms with Crippen LogP contribution in [0, 0.1) is 0 Å². The molecule has 0 radical (unpaired) electrons. The molecular weight excluding hydrogens is 370 g/mol. The van der Waals surface area contributed by atoms with Crippen molar-refractivity contribution in [1.82, 2.24) is 5.43 Å². The van der Waals surface area contributed by atoms with Crippen molar-refractivity contribution in [1.29, 1.82) is 0 Å². The fourth-order valence-electron chi connectivity index (χ4n) is 2.25. The van der Waals surface area contributed by atoms with Crippen molar-refractivity contribution in [2.75, 3.05) is 18.0 Å². The van der Waals surface area contributed by atoms with Gasteiger partial charge in [-0.2, -0.15) is 5.10 Å². The lowest BCUT2D eigenvalue weighted by Crippen LogP contribution is -2.21. The Labute approximate surface area is 150 Å². The van der Waals surface area contributed by atoms with Gasteiger partial charge in [-0.3, -0.25) is 4.79 Å². The quantitative estimate of drug-likeness (QED) is 0.583. The Morgan fingerprint density at radius 3 is 2.46 bits per heavy atom. The van der Waals surface area contributed by atoms with Gasteiger partial charge in [0, 0.05) is 40.4 Å². The molecule has 5 nitrogen and oxygen atoms in total. The summed E-state index contributed by atoms with van der Waals surface area (Å²) in [5.74, 6) is -0.181. The summed E-state index contributed by atoms with van der Waals surface area (Å²) < 4.78 is 0.903. The first-order valence-electron chi connectivity index (χ1n) is 7.72. The average molecular weight is 390 g/mol. The fraction of sp³-hybridized carbons (Fsp3) is 0.222. The molecule has 0 atom stereocenters. The number of hydrogen-bond acceptors (Lipinski definition) is 4. The van der Waals surface area contributed by atoms with Crippen molar-refractivity contribution >= 4 is 33.7 Å². The molecule has 0 aliphatic carbocycles. The summed E-state index contributed by atoms with van der Waals surface area (Å²) in [4.78, 5) is 14.1. The van der Waals surface area contributed by atoms with Crippen LogP contribution in [0.1, 0.15) is 29.8 Å². The second kappa shape index (κ2) is 8.49. The van der Waals surface area contributed by atoms with Gasteiger partial charge in [-0.1, -0.05) is 15.9 Å². The summed E-state index contributed by atoms with van der Waals surface area (Å²) in [6.07, 6.45) is 1.43. The minimum absolute atomic E-state index is 0.126. The predicted octanol–water partition coefficient (Wildman–Crippen LogP) is 3.76. The van der Waals surface area contributed by atoms with E-state index < -0.39 is 0 Å². The van der Waals surface area contributed by atoms with Crippen LogP contribution < -0.4 is 10.3 Å². The summed E-state index contributed by atoms with van der Waals surface area (Å²) in [5.41, 5.74) is 4.45. The Kier molecular flexibility index (Phi) is 6.37. The molecule has 1 amide bonds. The lowest BCUT2D eigenvalue weighted by atomic mass is 10.2. The Morgan fingerprint density at radius 2 is 1.88 bits per heavy atom. The Bertz CT molecular complexity index is 726. The van der Waals surface area contributed by atoms with Crippen molar-refractivity contribution in [3.8, 4) is 5.75 Å². The third-order valence-corrected chi connectivity index (χ3v) is 4.15. The van der Waals surface area contributed by atoms with E-state index in [9.17, 15) is 9.90 Å². The van der Waals surface area contributed by atoms with Crippen LogP contribution in [0.15, 0.2) is 52.0 Å². The summed E-state index contributed by atoms with van der Waals surface area (Å²) >= 11 is 3.32. The van der Waals surface area contributed by atoms with Crippen molar-refractivity contribution in [3.05, 3.63) is 58.1 Å². The first-order valence-corrected chi connectivity index (χ1v) is 8.51. The first kappa shape index (κ1) is 18.0. The van der Waals surface area contributed by atoms with E-state index in [0.717, 1.165) is 23.2 Å².